The number of rotatable bonds is 3. The molecule has 0 atom stereocenters. The molecular formula is C19H19ClN4O2. The third kappa shape index (κ3) is 3.30. The minimum atomic E-state index is 0.0409. The summed E-state index contributed by atoms with van der Waals surface area (Å²) in [6, 6.07) is 8.87. The maximum Gasteiger partial charge on any atom is 0.254 e. The standard InChI is InChI=1S/C19H19ClN4O2/c1-2-23-7-9-24(10-8-23)19(25)14-3-4-16-15(11-14)22-18(26-16)13-5-6-21-17(20)12-13/h3-6,11-12H,2,7-10H2,1H3. The molecule has 4 rings (SSSR count). The van der Waals surface area contributed by atoms with Gasteiger partial charge in [0.1, 0.15) is 10.7 Å². The maximum atomic E-state index is 12.8. The number of fused-ring (bicyclic) bond motifs is 1. The quantitative estimate of drug-likeness (QED) is 0.662. The summed E-state index contributed by atoms with van der Waals surface area (Å²) >= 11 is 5.93. The first kappa shape index (κ1) is 17.0. The first-order valence-electron chi connectivity index (χ1n) is 8.68. The van der Waals surface area contributed by atoms with E-state index < -0.39 is 0 Å². The molecule has 3 aromatic rings. The summed E-state index contributed by atoms with van der Waals surface area (Å²) in [6.45, 7) is 6.51. The summed E-state index contributed by atoms with van der Waals surface area (Å²) in [5, 5.41) is 0.381. The van der Waals surface area contributed by atoms with Gasteiger partial charge in [-0.2, -0.15) is 0 Å². The minimum Gasteiger partial charge on any atom is -0.436 e. The highest BCUT2D eigenvalue weighted by Crippen LogP contribution is 2.26. The van der Waals surface area contributed by atoms with Crippen LogP contribution in [0, 0.1) is 0 Å². The first-order valence-corrected chi connectivity index (χ1v) is 9.06. The van der Waals surface area contributed by atoms with Crippen molar-refractivity contribution in [2.75, 3.05) is 32.7 Å². The smallest absolute Gasteiger partial charge is 0.254 e. The highest BCUT2D eigenvalue weighted by Gasteiger charge is 2.22. The number of hydrogen-bond acceptors (Lipinski definition) is 5. The van der Waals surface area contributed by atoms with Crippen LogP contribution in [0.25, 0.3) is 22.6 Å². The SMILES string of the molecule is CCN1CCN(C(=O)c2ccc3oc(-c4ccnc(Cl)c4)nc3c2)CC1. The third-order valence-corrected chi connectivity index (χ3v) is 4.92. The van der Waals surface area contributed by atoms with Crippen molar-refractivity contribution in [3.05, 3.63) is 47.2 Å². The number of likely N-dealkylation sites (N-methyl/N-ethyl adjacent to an activating group) is 1. The summed E-state index contributed by atoms with van der Waals surface area (Å²) in [6.07, 6.45) is 1.61. The van der Waals surface area contributed by atoms with Gasteiger partial charge in [-0.05, 0) is 36.9 Å². The molecule has 0 radical (unpaired) electrons. The van der Waals surface area contributed by atoms with Crippen LogP contribution < -0.4 is 0 Å². The van der Waals surface area contributed by atoms with Gasteiger partial charge in [0.05, 0.1) is 0 Å². The number of pyridine rings is 1. The summed E-state index contributed by atoms with van der Waals surface area (Å²) < 4.78 is 5.79. The van der Waals surface area contributed by atoms with E-state index in [2.05, 4.69) is 21.8 Å². The molecule has 0 bridgehead atoms. The van der Waals surface area contributed by atoms with Crippen LogP contribution in [0.15, 0.2) is 40.9 Å². The number of hydrogen-bond donors (Lipinski definition) is 0. The van der Waals surface area contributed by atoms with E-state index in [0.29, 0.717) is 27.7 Å². The molecule has 134 valence electrons. The van der Waals surface area contributed by atoms with Crippen LogP contribution in [0.5, 0.6) is 0 Å². The van der Waals surface area contributed by atoms with Gasteiger partial charge in [0.25, 0.3) is 5.91 Å². The second kappa shape index (κ2) is 7.05. The van der Waals surface area contributed by atoms with Crippen molar-refractivity contribution in [2.45, 2.75) is 6.92 Å². The summed E-state index contributed by atoms with van der Waals surface area (Å²) in [5.74, 6) is 0.504. The Morgan fingerprint density at radius 2 is 2.00 bits per heavy atom. The van der Waals surface area contributed by atoms with Crippen molar-refractivity contribution in [3.63, 3.8) is 0 Å². The molecule has 1 aliphatic heterocycles. The number of piperazine rings is 1. The van der Waals surface area contributed by atoms with Gasteiger partial charge < -0.3 is 14.2 Å². The van der Waals surface area contributed by atoms with Crippen LogP contribution in [0.2, 0.25) is 5.15 Å². The lowest BCUT2D eigenvalue weighted by Crippen LogP contribution is -2.48. The molecule has 3 heterocycles. The van der Waals surface area contributed by atoms with Crippen LogP contribution >= 0.6 is 11.6 Å². The Balaban J connectivity index is 1.59. The average molecular weight is 371 g/mol. The fraction of sp³-hybridized carbons (Fsp3) is 0.316. The predicted octanol–water partition coefficient (Wildman–Crippen LogP) is 3.32. The van der Waals surface area contributed by atoms with Gasteiger partial charge in [0.15, 0.2) is 5.58 Å². The predicted molar refractivity (Wildman–Crippen MR) is 100 cm³/mol. The number of amides is 1. The third-order valence-electron chi connectivity index (χ3n) is 4.71. The van der Waals surface area contributed by atoms with Crippen molar-refractivity contribution in [3.8, 4) is 11.5 Å². The number of carbonyl (C=O) groups is 1. The lowest BCUT2D eigenvalue weighted by molar-refractivity contribution is 0.0643. The van der Waals surface area contributed by atoms with Gasteiger partial charge in [-0.25, -0.2) is 9.97 Å². The Kier molecular flexibility index (Phi) is 4.61. The molecule has 0 unspecified atom stereocenters. The van der Waals surface area contributed by atoms with E-state index in [1.165, 1.54) is 0 Å². The van der Waals surface area contributed by atoms with Gasteiger partial charge in [-0.3, -0.25) is 4.79 Å². The van der Waals surface area contributed by atoms with Gasteiger partial charge >= 0.3 is 0 Å². The van der Waals surface area contributed by atoms with Crippen LogP contribution in [0.3, 0.4) is 0 Å². The number of nitrogens with zero attached hydrogens (tertiary/aromatic N) is 4. The molecule has 1 fully saturated rings. The Morgan fingerprint density at radius 3 is 2.73 bits per heavy atom. The lowest BCUT2D eigenvalue weighted by Gasteiger charge is -2.34. The number of benzene rings is 1. The van der Waals surface area contributed by atoms with Gasteiger partial charge in [0.2, 0.25) is 5.89 Å². The highest BCUT2D eigenvalue weighted by atomic mass is 35.5. The van der Waals surface area contributed by atoms with Crippen molar-refractivity contribution >= 4 is 28.6 Å². The average Bonchev–Trinajstić information content (AvgIpc) is 3.11. The molecule has 2 aromatic heterocycles. The van der Waals surface area contributed by atoms with Crippen LogP contribution in [0.4, 0.5) is 0 Å². The number of oxazole rings is 1. The molecule has 1 saturated heterocycles. The van der Waals surface area contributed by atoms with E-state index in [0.717, 1.165) is 38.3 Å². The molecular weight excluding hydrogens is 352 g/mol. The monoisotopic (exact) mass is 370 g/mol. The largest absolute Gasteiger partial charge is 0.436 e. The molecule has 0 saturated carbocycles. The lowest BCUT2D eigenvalue weighted by atomic mass is 10.1. The van der Waals surface area contributed by atoms with Gasteiger partial charge in [-0.1, -0.05) is 18.5 Å². The zero-order chi connectivity index (χ0) is 18.1. The second-order valence-electron chi connectivity index (χ2n) is 6.30. The molecule has 1 aromatic carbocycles. The molecule has 1 aliphatic rings. The van der Waals surface area contributed by atoms with E-state index in [1.807, 2.05) is 4.90 Å². The topological polar surface area (TPSA) is 62.5 Å². The number of halogens is 1. The molecule has 6 nitrogen and oxygen atoms in total. The van der Waals surface area contributed by atoms with E-state index in [9.17, 15) is 4.79 Å². The van der Waals surface area contributed by atoms with Crippen LogP contribution in [0.1, 0.15) is 17.3 Å². The second-order valence-corrected chi connectivity index (χ2v) is 6.68. The molecule has 26 heavy (non-hydrogen) atoms. The minimum absolute atomic E-state index is 0.0409. The van der Waals surface area contributed by atoms with Crippen LogP contribution in [-0.4, -0.2) is 58.4 Å². The highest BCUT2D eigenvalue weighted by molar-refractivity contribution is 6.29. The molecule has 0 N–H and O–H groups in total. The molecule has 7 heteroatoms. The maximum absolute atomic E-state index is 12.8. The Hall–Kier alpha value is -2.44. The molecule has 0 spiro atoms. The van der Waals surface area contributed by atoms with E-state index in [1.54, 1.807) is 36.5 Å². The fourth-order valence-corrected chi connectivity index (χ4v) is 3.34. The molecule has 0 aliphatic carbocycles. The normalized spacial score (nSPS) is 15.5. The number of carbonyl (C=O) groups excluding carboxylic acids is 1. The van der Waals surface area contributed by atoms with Gasteiger partial charge in [-0.15, -0.1) is 0 Å². The van der Waals surface area contributed by atoms with Crippen molar-refractivity contribution < 1.29 is 9.21 Å². The van der Waals surface area contributed by atoms with Crippen molar-refractivity contribution in [1.29, 1.82) is 0 Å². The van der Waals surface area contributed by atoms with Crippen molar-refractivity contribution in [2.24, 2.45) is 0 Å². The van der Waals surface area contributed by atoms with E-state index in [-0.39, 0.29) is 5.91 Å². The Labute approximate surface area is 156 Å². The summed E-state index contributed by atoms with van der Waals surface area (Å²) in [5.41, 5.74) is 2.69. The zero-order valence-corrected chi connectivity index (χ0v) is 15.2. The number of aromatic nitrogens is 2. The Morgan fingerprint density at radius 1 is 1.19 bits per heavy atom. The van der Waals surface area contributed by atoms with E-state index in [4.69, 9.17) is 16.0 Å². The first-order chi connectivity index (χ1) is 12.6. The Bertz CT molecular complexity index is 948. The zero-order valence-electron chi connectivity index (χ0n) is 14.5. The summed E-state index contributed by atoms with van der Waals surface area (Å²) in [7, 11) is 0. The molecule has 1 amide bonds. The van der Waals surface area contributed by atoms with Gasteiger partial charge in [0, 0.05) is 43.5 Å². The van der Waals surface area contributed by atoms with Crippen molar-refractivity contribution in [1.82, 2.24) is 19.8 Å². The summed E-state index contributed by atoms with van der Waals surface area (Å²) in [4.78, 5) is 25.5. The van der Waals surface area contributed by atoms with Crippen LogP contribution in [-0.2, 0) is 0 Å². The van der Waals surface area contributed by atoms with E-state index >= 15 is 0 Å². The fourth-order valence-electron chi connectivity index (χ4n) is 3.17.